The number of carbonyl (C=O) groups excluding carboxylic acids is 1. The van der Waals surface area contributed by atoms with Crippen LogP contribution in [0.25, 0.3) is 0 Å². The topological polar surface area (TPSA) is 76.4 Å². The van der Waals surface area contributed by atoms with Gasteiger partial charge in [0, 0.05) is 12.1 Å². The lowest BCUT2D eigenvalue weighted by atomic mass is 9.68. The number of anilines is 1. The molecule has 2 aromatic rings. The predicted octanol–water partition coefficient (Wildman–Crippen LogP) is 4.02. The molecule has 0 N–H and O–H groups in total. The fourth-order valence-electron chi connectivity index (χ4n) is 5.45. The van der Waals surface area contributed by atoms with Crippen molar-refractivity contribution in [1.82, 2.24) is 19.8 Å². The van der Waals surface area contributed by atoms with Gasteiger partial charge in [0.25, 0.3) is 0 Å². The molecule has 1 saturated heterocycles. The van der Waals surface area contributed by atoms with E-state index in [9.17, 15) is 4.79 Å². The van der Waals surface area contributed by atoms with E-state index in [1.807, 2.05) is 6.07 Å². The number of hydrogen-bond acceptors (Lipinski definition) is 5. The summed E-state index contributed by atoms with van der Waals surface area (Å²) in [5.74, 6) is 0.494. The quantitative estimate of drug-likeness (QED) is 0.713. The number of hydrogen-bond donors (Lipinski definition) is 0. The molecule has 2 amide bonds. The highest BCUT2D eigenvalue weighted by atomic mass is 16.2. The Bertz CT molecular complexity index is 987. The lowest BCUT2D eigenvalue weighted by Gasteiger charge is -2.51. The number of aromatic nitrogens is 2. The summed E-state index contributed by atoms with van der Waals surface area (Å²) in [5.41, 5.74) is 1.78. The van der Waals surface area contributed by atoms with Crippen LogP contribution in [0.15, 0.2) is 42.7 Å². The molecule has 1 spiro atoms. The molecule has 1 aromatic heterocycles. The van der Waals surface area contributed by atoms with Gasteiger partial charge in [-0.3, -0.25) is 9.80 Å². The van der Waals surface area contributed by atoms with Crippen LogP contribution in [-0.4, -0.2) is 58.5 Å². The van der Waals surface area contributed by atoms with Crippen molar-refractivity contribution in [3.63, 3.8) is 0 Å². The fraction of sp³-hybridized carbons (Fsp3) is 0.520. The van der Waals surface area contributed by atoms with Crippen LogP contribution in [0.5, 0.6) is 0 Å². The van der Waals surface area contributed by atoms with Gasteiger partial charge in [-0.1, -0.05) is 44.2 Å². The predicted molar refractivity (Wildman–Crippen MR) is 124 cm³/mol. The molecule has 0 radical (unpaired) electrons. The summed E-state index contributed by atoms with van der Waals surface area (Å²) in [6.07, 6.45) is 7.03. The first-order valence-corrected chi connectivity index (χ1v) is 11.4. The molecular formula is C25H32N6O. The molecule has 32 heavy (non-hydrogen) atoms. The van der Waals surface area contributed by atoms with Crippen LogP contribution in [0, 0.1) is 17.2 Å². The molecule has 2 heterocycles. The molecule has 1 aliphatic carbocycles. The molecule has 2 aliphatic rings. The smallest absolute Gasteiger partial charge is 0.317 e. The third-order valence-corrected chi connectivity index (χ3v) is 7.26. The van der Waals surface area contributed by atoms with Gasteiger partial charge in [-0.25, -0.2) is 14.8 Å². The van der Waals surface area contributed by atoms with Crippen LogP contribution >= 0.6 is 0 Å². The number of benzene rings is 1. The molecule has 1 saturated carbocycles. The summed E-state index contributed by atoms with van der Waals surface area (Å²) >= 11 is 0. The maximum Gasteiger partial charge on any atom is 0.325 e. The Morgan fingerprint density at radius 2 is 1.72 bits per heavy atom. The van der Waals surface area contributed by atoms with Crippen LogP contribution in [0.4, 0.5) is 10.5 Å². The molecule has 1 aliphatic heterocycles. The summed E-state index contributed by atoms with van der Waals surface area (Å²) < 4.78 is 0. The molecule has 7 heteroatoms. The zero-order valence-electron chi connectivity index (χ0n) is 19.5. The number of nitriles is 1. The molecular weight excluding hydrogens is 400 g/mol. The van der Waals surface area contributed by atoms with E-state index in [-0.39, 0.29) is 22.9 Å². The van der Waals surface area contributed by atoms with Gasteiger partial charge < -0.3 is 4.90 Å². The van der Waals surface area contributed by atoms with Gasteiger partial charge in [-0.2, -0.15) is 5.26 Å². The van der Waals surface area contributed by atoms with Gasteiger partial charge in [-0.15, -0.1) is 0 Å². The summed E-state index contributed by atoms with van der Waals surface area (Å²) in [5, 5.41) is 9.01. The van der Waals surface area contributed by atoms with Gasteiger partial charge in [0.05, 0.1) is 30.2 Å². The van der Waals surface area contributed by atoms with E-state index in [0.29, 0.717) is 18.2 Å². The highest BCUT2D eigenvalue weighted by molar-refractivity contribution is 5.95. The van der Waals surface area contributed by atoms with E-state index in [1.54, 1.807) is 17.3 Å². The Labute approximate surface area is 190 Å². The number of rotatable bonds is 5. The maximum atomic E-state index is 13.6. The van der Waals surface area contributed by atoms with Crippen LogP contribution in [0.1, 0.15) is 50.9 Å². The zero-order chi connectivity index (χ0) is 22.9. The number of amides is 2. The molecule has 168 valence electrons. The Hall–Kier alpha value is -2.98. The molecule has 0 atom stereocenters. The third-order valence-electron chi connectivity index (χ3n) is 7.26. The van der Waals surface area contributed by atoms with Crippen molar-refractivity contribution in [3.8, 4) is 6.07 Å². The minimum atomic E-state index is -0.205. The van der Waals surface area contributed by atoms with Gasteiger partial charge >= 0.3 is 6.03 Å². The Morgan fingerprint density at radius 3 is 2.25 bits per heavy atom. The first-order valence-electron chi connectivity index (χ1n) is 11.4. The molecule has 1 aromatic carbocycles. The second kappa shape index (κ2) is 8.51. The average molecular weight is 433 g/mol. The van der Waals surface area contributed by atoms with E-state index < -0.39 is 0 Å². The second-order valence-corrected chi connectivity index (χ2v) is 9.77. The Balaban J connectivity index is 1.65. The van der Waals surface area contributed by atoms with Crippen LogP contribution in [-0.2, 0) is 5.54 Å². The van der Waals surface area contributed by atoms with Gasteiger partial charge in [0.1, 0.15) is 6.07 Å². The first kappa shape index (κ1) is 22.2. The van der Waals surface area contributed by atoms with E-state index in [1.165, 1.54) is 5.56 Å². The summed E-state index contributed by atoms with van der Waals surface area (Å²) in [4.78, 5) is 28.0. The standard InChI is InChI=1S/C25H32N6O/c1-19(2)17-31-23(32)30(21-15-27-22(14-26)28-16-21)18-24(31)10-12-25(13-11-24,29(3)4)20-8-6-5-7-9-20/h5-9,15-16,19H,10-13,17-18H2,1-4H3/t24-,25+. The number of nitrogens with zero attached hydrogens (tertiary/aromatic N) is 6. The minimum Gasteiger partial charge on any atom is -0.317 e. The zero-order valence-corrected chi connectivity index (χ0v) is 19.5. The Kier molecular flexibility index (Phi) is 5.91. The summed E-state index contributed by atoms with van der Waals surface area (Å²) in [7, 11) is 4.33. The lowest BCUT2D eigenvalue weighted by molar-refractivity contribution is 0.0230. The van der Waals surface area contributed by atoms with Crippen molar-refractivity contribution in [1.29, 1.82) is 5.26 Å². The maximum absolute atomic E-state index is 13.6. The van der Waals surface area contributed by atoms with Crippen LogP contribution in [0.2, 0.25) is 0 Å². The third kappa shape index (κ3) is 3.73. The summed E-state index contributed by atoms with van der Waals surface area (Å²) in [6.45, 7) is 5.68. The Morgan fingerprint density at radius 1 is 1.09 bits per heavy atom. The molecule has 4 rings (SSSR count). The molecule has 0 unspecified atom stereocenters. The fourth-order valence-corrected chi connectivity index (χ4v) is 5.45. The molecule has 7 nitrogen and oxygen atoms in total. The van der Waals surface area contributed by atoms with Crippen molar-refractivity contribution in [2.45, 2.75) is 50.6 Å². The SMILES string of the molecule is CC(C)CN1C(=O)N(c2cnc(C#N)nc2)C[C@]12CC[C@](c1ccccc1)(N(C)C)CC2. The van der Waals surface area contributed by atoms with Crippen molar-refractivity contribution in [2.24, 2.45) is 5.92 Å². The lowest BCUT2D eigenvalue weighted by Crippen LogP contribution is -2.56. The van der Waals surface area contributed by atoms with Gasteiger partial charge in [-0.05, 0) is 51.3 Å². The second-order valence-electron chi connectivity index (χ2n) is 9.77. The van der Waals surface area contributed by atoms with Crippen molar-refractivity contribution in [2.75, 3.05) is 32.1 Å². The normalized spacial score (nSPS) is 25.7. The molecule has 0 bridgehead atoms. The van der Waals surface area contributed by atoms with Crippen molar-refractivity contribution >= 4 is 11.7 Å². The van der Waals surface area contributed by atoms with E-state index in [4.69, 9.17) is 5.26 Å². The van der Waals surface area contributed by atoms with E-state index in [0.717, 1.165) is 32.2 Å². The largest absolute Gasteiger partial charge is 0.325 e. The van der Waals surface area contributed by atoms with Crippen LogP contribution < -0.4 is 4.90 Å². The number of carbonyl (C=O) groups is 1. The van der Waals surface area contributed by atoms with Gasteiger partial charge in [0.2, 0.25) is 5.82 Å². The van der Waals surface area contributed by atoms with Crippen molar-refractivity contribution in [3.05, 3.63) is 54.1 Å². The highest BCUT2D eigenvalue weighted by Crippen LogP contribution is 2.49. The average Bonchev–Trinajstić information content (AvgIpc) is 3.06. The first-order chi connectivity index (χ1) is 15.3. The molecule has 2 fully saturated rings. The van der Waals surface area contributed by atoms with E-state index >= 15 is 0 Å². The highest BCUT2D eigenvalue weighted by Gasteiger charge is 2.54. The van der Waals surface area contributed by atoms with Crippen molar-refractivity contribution < 1.29 is 4.79 Å². The number of urea groups is 1. The summed E-state index contributed by atoms with van der Waals surface area (Å²) in [6, 6.07) is 12.7. The van der Waals surface area contributed by atoms with Gasteiger partial charge in [0.15, 0.2) is 0 Å². The minimum absolute atomic E-state index is 0.0177. The monoisotopic (exact) mass is 432 g/mol. The van der Waals surface area contributed by atoms with E-state index in [2.05, 4.69) is 78.0 Å². The van der Waals surface area contributed by atoms with Crippen LogP contribution in [0.3, 0.4) is 0 Å².